The monoisotopic (exact) mass is 291 g/mol. The van der Waals surface area contributed by atoms with Crippen LogP contribution in [-0.2, 0) is 0 Å². The Kier molecular flexibility index (Phi) is 2.14. The van der Waals surface area contributed by atoms with E-state index in [9.17, 15) is 0 Å². The summed E-state index contributed by atoms with van der Waals surface area (Å²) in [4.78, 5) is 0. The van der Waals surface area contributed by atoms with Crippen molar-refractivity contribution in [1.29, 1.82) is 0 Å². The molecule has 0 radical (unpaired) electrons. The number of rotatable bonds is 0. The van der Waals surface area contributed by atoms with Crippen molar-refractivity contribution in [1.82, 2.24) is 0 Å². The van der Waals surface area contributed by atoms with E-state index < -0.39 is 0 Å². The third-order valence-electron chi connectivity index (χ3n) is 1.89. The number of hydrogen-bond acceptors (Lipinski definition) is 2. The molecule has 0 fully saturated rings. The zero-order valence-electron chi connectivity index (χ0n) is 6.18. The van der Waals surface area contributed by atoms with Crippen molar-refractivity contribution in [2.24, 2.45) is 5.73 Å². The number of benzene rings is 1. The normalized spacial score (nSPS) is 20.4. The summed E-state index contributed by atoms with van der Waals surface area (Å²) in [5.74, 6) is 0.872. The zero-order valence-corrected chi connectivity index (χ0v) is 9.35. The van der Waals surface area contributed by atoms with Gasteiger partial charge in [0.25, 0.3) is 0 Å². The lowest BCUT2D eigenvalue weighted by Gasteiger charge is -2.03. The molecule has 2 rings (SSSR count). The van der Waals surface area contributed by atoms with Crippen LogP contribution >= 0.6 is 31.9 Å². The van der Waals surface area contributed by atoms with Crippen LogP contribution in [0.25, 0.3) is 0 Å². The highest BCUT2D eigenvalue weighted by Gasteiger charge is 2.23. The first-order chi connectivity index (χ1) is 5.70. The van der Waals surface area contributed by atoms with Crippen LogP contribution in [0.3, 0.4) is 0 Å². The topological polar surface area (TPSA) is 35.2 Å². The van der Waals surface area contributed by atoms with E-state index in [-0.39, 0.29) is 6.04 Å². The highest BCUT2D eigenvalue weighted by molar-refractivity contribution is 9.13. The maximum absolute atomic E-state index is 5.80. The summed E-state index contributed by atoms with van der Waals surface area (Å²) in [7, 11) is 0. The molecule has 12 heavy (non-hydrogen) atoms. The lowest BCUT2D eigenvalue weighted by atomic mass is 10.1. The lowest BCUT2D eigenvalue weighted by Crippen LogP contribution is -2.10. The van der Waals surface area contributed by atoms with Crippen LogP contribution in [0.4, 0.5) is 0 Å². The molecule has 1 aromatic carbocycles. The van der Waals surface area contributed by atoms with E-state index in [2.05, 4.69) is 31.9 Å². The molecule has 64 valence electrons. The van der Waals surface area contributed by atoms with Gasteiger partial charge in [0.05, 0.1) is 10.5 Å². The van der Waals surface area contributed by atoms with Crippen LogP contribution in [-0.4, -0.2) is 6.61 Å². The van der Waals surface area contributed by atoms with Gasteiger partial charge in [-0.05, 0) is 37.9 Å². The summed E-state index contributed by atoms with van der Waals surface area (Å²) in [5, 5.41) is 0. The fraction of sp³-hybridized carbons (Fsp3) is 0.250. The minimum atomic E-state index is 0.0180. The quantitative estimate of drug-likeness (QED) is 0.798. The maximum atomic E-state index is 5.80. The van der Waals surface area contributed by atoms with Crippen LogP contribution in [0, 0.1) is 0 Å². The number of halogens is 2. The summed E-state index contributed by atoms with van der Waals surface area (Å²) >= 11 is 6.83. The first-order valence-corrected chi connectivity index (χ1v) is 5.15. The van der Waals surface area contributed by atoms with E-state index in [1.165, 1.54) is 0 Å². The van der Waals surface area contributed by atoms with Crippen molar-refractivity contribution >= 4 is 31.9 Å². The van der Waals surface area contributed by atoms with E-state index in [1.807, 2.05) is 12.1 Å². The Balaban J connectivity index is 2.60. The number of ether oxygens (including phenoxy) is 1. The van der Waals surface area contributed by atoms with Gasteiger partial charge in [-0.1, -0.05) is 6.07 Å². The highest BCUT2D eigenvalue weighted by atomic mass is 79.9. The predicted molar refractivity (Wildman–Crippen MR) is 54.3 cm³/mol. The molecule has 0 aromatic heterocycles. The van der Waals surface area contributed by atoms with Crippen LogP contribution in [0.1, 0.15) is 11.6 Å². The van der Waals surface area contributed by atoms with Gasteiger partial charge >= 0.3 is 0 Å². The zero-order chi connectivity index (χ0) is 8.72. The van der Waals surface area contributed by atoms with Gasteiger partial charge in [-0.15, -0.1) is 0 Å². The largest absolute Gasteiger partial charge is 0.490 e. The molecular weight excluding hydrogens is 286 g/mol. The van der Waals surface area contributed by atoms with Crippen LogP contribution in [0.2, 0.25) is 0 Å². The molecule has 0 aliphatic carbocycles. The summed E-state index contributed by atoms with van der Waals surface area (Å²) < 4.78 is 7.37. The average Bonchev–Trinajstić information content (AvgIpc) is 2.41. The molecule has 1 aliphatic heterocycles. The number of fused-ring (bicyclic) bond motifs is 1. The van der Waals surface area contributed by atoms with Gasteiger partial charge in [0.15, 0.2) is 0 Å². The summed E-state index contributed by atoms with van der Waals surface area (Å²) in [6, 6.07) is 3.98. The van der Waals surface area contributed by atoms with Crippen molar-refractivity contribution in [3.05, 3.63) is 26.6 Å². The standard InChI is InChI=1S/C8H7Br2NO/c9-5-2-1-4-6(11)3-12-8(4)7(5)10/h1-2,6H,3,11H2/t6-/m0/s1. The van der Waals surface area contributed by atoms with Gasteiger partial charge in [0.2, 0.25) is 0 Å². The first-order valence-electron chi connectivity index (χ1n) is 3.56. The van der Waals surface area contributed by atoms with Crippen molar-refractivity contribution in [3.8, 4) is 5.75 Å². The van der Waals surface area contributed by atoms with Crippen molar-refractivity contribution < 1.29 is 4.74 Å². The molecule has 1 atom stereocenters. The molecule has 1 heterocycles. The molecule has 2 nitrogen and oxygen atoms in total. The van der Waals surface area contributed by atoms with Gasteiger partial charge in [-0.2, -0.15) is 0 Å². The fourth-order valence-corrected chi connectivity index (χ4v) is 2.04. The summed E-state index contributed by atoms with van der Waals surface area (Å²) in [5.41, 5.74) is 6.88. The summed E-state index contributed by atoms with van der Waals surface area (Å²) in [6.45, 7) is 0.574. The molecule has 0 bridgehead atoms. The van der Waals surface area contributed by atoms with Gasteiger partial charge in [0, 0.05) is 10.0 Å². The third kappa shape index (κ3) is 1.18. The molecule has 0 spiro atoms. The van der Waals surface area contributed by atoms with Crippen LogP contribution < -0.4 is 10.5 Å². The molecular formula is C8H7Br2NO. The fourth-order valence-electron chi connectivity index (χ4n) is 1.25. The molecule has 0 amide bonds. The molecule has 4 heteroatoms. The Hall–Kier alpha value is -0.0600. The van der Waals surface area contributed by atoms with E-state index in [4.69, 9.17) is 10.5 Å². The lowest BCUT2D eigenvalue weighted by molar-refractivity contribution is 0.331. The molecule has 1 aromatic rings. The smallest absolute Gasteiger partial charge is 0.139 e. The van der Waals surface area contributed by atoms with Crippen LogP contribution in [0.5, 0.6) is 5.75 Å². The second kappa shape index (κ2) is 3.01. The average molecular weight is 293 g/mol. The number of nitrogens with two attached hydrogens (primary N) is 1. The summed E-state index contributed by atoms with van der Waals surface area (Å²) in [6.07, 6.45) is 0. The van der Waals surface area contributed by atoms with Gasteiger partial charge < -0.3 is 10.5 Å². The van der Waals surface area contributed by atoms with E-state index in [0.717, 1.165) is 20.3 Å². The third-order valence-corrected chi connectivity index (χ3v) is 3.87. The molecule has 2 N–H and O–H groups in total. The molecule has 0 saturated carbocycles. The van der Waals surface area contributed by atoms with Gasteiger partial charge in [-0.25, -0.2) is 0 Å². The predicted octanol–water partition coefficient (Wildman–Crippen LogP) is 2.60. The van der Waals surface area contributed by atoms with Gasteiger partial charge in [0.1, 0.15) is 12.4 Å². The SMILES string of the molecule is N[C@H]1COc2c1ccc(Br)c2Br. The molecule has 0 saturated heterocycles. The Morgan fingerprint density at radius 2 is 2.17 bits per heavy atom. The minimum Gasteiger partial charge on any atom is -0.490 e. The Labute approximate surface area is 87.3 Å². The van der Waals surface area contributed by atoms with Gasteiger partial charge in [-0.3, -0.25) is 0 Å². The molecule has 0 unspecified atom stereocenters. The minimum absolute atomic E-state index is 0.0180. The van der Waals surface area contributed by atoms with Crippen LogP contribution in [0.15, 0.2) is 21.1 Å². The Morgan fingerprint density at radius 3 is 2.92 bits per heavy atom. The second-order valence-electron chi connectivity index (χ2n) is 2.70. The highest BCUT2D eigenvalue weighted by Crippen LogP contribution is 2.41. The van der Waals surface area contributed by atoms with Crippen molar-refractivity contribution in [3.63, 3.8) is 0 Å². The Bertz CT molecular complexity index is 327. The van der Waals surface area contributed by atoms with Crippen molar-refractivity contribution in [2.75, 3.05) is 6.61 Å². The first kappa shape index (κ1) is 8.53. The van der Waals surface area contributed by atoms with E-state index >= 15 is 0 Å². The maximum Gasteiger partial charge on any atom is 0.139 e. The van der Waals surface area contributed by atoms with E-state index in [0.29, 0.717) is 6.61 Å². The second-order valence-corrected chi connectivity index (χ2v) is 4.34. The van der Waals surface area contributed by atoms with Crippen molar-refractivity contribution in [2.45, 2.75) is 6.04 Å². The Morgan fingerprint density at radius 1 is 1.42 bits per heavy atom. The number of hydrogen-bond donors (Lipinski definition) is 1. The molecule has 1 aliphatic rings. The van der Waals surface area contributed by atoms with E-state index in [1.54, 1.807) is 0 Å².